The van der Waals surface area contributed by atoms with E-state index in [2.05, 4.69) is 0 Å². The van der Waals surface area contributed by atoms with Crippen molar-refractivity contribution in [2.75, 3.05) is 13.1 Å². The van der Waals surface area contributed by atoms with Gasteiger partial charge in [0.05, 0.1) is 10.4 Å². The number of carbonyl (C=O) groups excluding carboxylic acids is 1. The van der Waals surface area contributed by atoms with E-state index >= 15 is 0 Å². The topological polar surface area (TPSA) is 57.7 Å². The average molecular weight is 453 g/mol. The van der Waals surface area contributed by atoms with Crippen LogP contribution in [-0.2, 0) is 26.9 Å². The predicted molar refractivity (Wildman–Crippen MR) is 124 cm³/mol. The normalized spacial score (nSPS) is 25.3. The summed E-state index contributed by atoms with van der Waals surface area (Å²) in [5.74, 6) is 0.848. The molecule has 2 aromatic rings. The standard InChI is InChI=1S/C26H32N2O3S/c29-25(16-15-21-9-3-1-4-10-21)27-18-17-26(20-27)23-13-7-8-14-24(23)32(30,31)28(26)19-22-11-5-2-6-12-22/h2,5-8,11-14,21H,1,3-4,9-10,15-20H2. The lowest BCUT2D eigenvalue weighted by atomic mass is 9.86. The molecule has 1 saturated heterocycles. The Bertz CT molecular complexity index is 1080. The number of rotatable bonds is 5. The Morgan fingerprint density at radius 2 is 1.69 bits per heavy atom. The third-order valence-corrected chi connectivity index (χ3v) is 9.67. The second kappa shape index (κ2) is 8.64. The van der Waals surface area contributed by atoms with Gasteiger partial charge in [0.1, 0.15) is 0 Å². The first-order chi connectivity index (χ1) is 15.5. The zero-order chi connectivity index (χ0) is 22.2. The molecule has 2 aromatic carbocycles. The first-order valence-corrected chi connectivity index (χ1v) is 13.4. The van der Waals surface area contributed by atoms with Gasteiger partial charge in [0.15, 0.2) is 0 Å². The first kappa shape index (κ1) is 21.7. The van der Waals surface area contributed by atoms with E-state index in [1.165, 1.54) is 32.1 Å². The molecule has 1 aliphatic carbocycles. The molecule has 0 bridgehead atoms. The molecule has 2 fully saturated rings. The summed E-state index contributed by atoms with van der Waals surface area (Å²) >= 11 is 0. The minimum atomic E-state index is -3.62. The maximum absolute atomic E-state index is 13.6. The van der Waals surface area contributed by atoms with Gasteiger partial charge in [0, 0.05) is 26.1 Å². The van der Waals surface area contributed by atoms with Gasteiger partial charge in [0.2, 0.25) is 15.9 Å². The Hall–Kier alpha value is -2.18. The van der Waals surface area contributed by atoms with Crippen molar-refractivity contribution in [3.8, 4) is 0 Å². The van der Waals surface area contributed by atoms with E-state index in [9.17, 15) is 13.2 Å². The number of likely N-dealkylation sites (tertiary alicyclic amines) is 1. The zero-order valence-electron chi connectivity index (χ0n) is 18.6. The van der Waals surface area contributed by atoms with Crippen LogP contribution >= 0.6 is 0 Å². The van der Waals surface area contributed by atoms with Crippen molar-refractivity contribution in [3.05, 3.63) is 65.7 Å². The maximum Gasteiger partial charge on any atom is 0.244 e. The molecule has 0 aromatic heterocycles. The molecule has 0 radical (unpaired) electrons. The number of nitrogens with zero attached hydrogens (tertiary/aromatic N) is 2. The van der Waals surface area contributed by atoms with E-state index in [0.29, 0.717) is 43.3 Å². The van der Waals surface area contributed by atoms with Crippen LogP contribution in [0.3, 0.4) is 0 Å². The van der Waals surface area contributed by atoms with Crippen molar-refractivity contribution in [1.82, 2.24) is 9.21 Å². The Balaban J connectivity index is 1.40. The first-order valence-electron chi connectivity index (χ1n) is 11.9. The van der Waals surface area contributed by atoms with Crippen LogP contribution in [0, 0.1) is 5.92 Å². The fourth-order valence-corrected chi connectivity index (χ4v) is 7.99. The van der Waals surface area contributed by atoms with Crippen molar-refractivity contribution in [2.24, 2.45) is 5.92 Å². The van der Waals surface area contributed by atoms with Crippen LogP contribution in [0.15, 0.2) is 59.5 Å². The molecule has 1 amide bonds. The SMILES string of the molecule is O=C(CCC1CCCCC1)N1CCC2(C1)c1ccccc1S(=O)(=O)N2Cc1ccccc1. The van der Waals surface area contributed by atoms with E-state index in [1.54, 1.807) is 16.4 Å². The molecule has 3 aliphatic rings. The van der Waals surface area contributed by atoms with E-state index < -0.39 is 15.6 Å². The smallest absolute Gasteiger partial charge is 0.244 e. The number of hydrogen-bond acceptors (Lipinski definition) is 3. The molecule has 1 unspecified atom stereocenters. The highest BCUT2D eigenvalue weighted by atomic mass is 32.2. The number of fused-ring (bicyclic) bond motifs is 2. The van der Waals surface area contributed by atoms with E-state index in [-0.39, 0.29) is 5.91 Å². The Morgan fingerprint density at radius 1 is 0.969 bits per heavy atom. The summed E-state index contributed by atoms with van der Waals surface area (Å²) in [6, 6.07) is 17.1. The quantitative estimate of drug-likeness (QED) is 0.662. The van der Waals surface area contributed by atoms with Gasteiger partial charge in [0.25, 0.3) is 0 Å². The summed E-state index contributed by atoms with van der Waals surface area (Å²) in [6.45, 7) is 1.38. The largest absolute Gasteiger partial charge is 0.340 e. The van der Waals surface area contributed by atoms with Gasteiger partial charge in [-0.15, -0.1) is 0 Å². The molecule has 2 aliphatic heterocycles. The molecule has 1 saturated carbocycles. The molecule has 2 heterocycles. The van der Waals surface area contributed by atoms with E-state index in [4.69, 9.17) is 0 Å². The van der Waals surface area contributed by atoms with Gasteiger partial charge in [-0.25, -0.2) is 8.42 Å². The van der Waals surface area contributed by atoms with Crippen LogP contribution in [0.2, 0.25) is 0 Å². The number of hydrogen-bond donors (Lipinski definition) is 0. The van der Waals surface area contributed by atoms with Crippen LogP contribution in [0.25, 0.3) is 0 Å². The van der Waals surface area contributed by atoms with E-state index in [0.717, 1.165) is 17.5 Å². The fourth-order valence-electron chi connectivity index (χ4n) is 5.94. The zero-order valence-corrected chi connectivity index (χ0v) is 19.4. The molecule has 1 spiro atoms. The number of carbonyl (C=O) groups is 1. The molecule has 0 N–H and O–H groups in total. The summed E-state index contributed by atoms with van der Waals surface area (Å²) in [7, 11) is -3.62. The fraction of sp³-hybridized carbons (Fsp3) is 0.500. The van der Waals surface area contributed by atoms with Gasteiger partial charge in [-0.2, -0.15) is 4.31 Å². The highest BCUT2D eigenvalue weighted by Crippen LogP contribution is 2.50. The highest BCUT2D eigenvalue weighted by Gasteiger charge is 2.57. The maximum atomic E-state index is 13.6. The Labute approximate surface area is 191 Å². The second-order valence-corrected chi connectivity index (χ2v) is 11.5. The summed E-state index contributed by atoms with van der Waals surface area (Å²) in [6.07, 6.45) is 8.57. The number of amides is 1. The van der Waals surface area contributed by atoms with Crippen molar-refractivity contribution in [2.45, 2.75) is 68.3 Å². The molecule has 32 heavy (non-hydrogen) atoms. The molecule has 1 atom stereocenters. The molecular formula is C26H32N2O3S. The van der Waals surface area contributed by atoms with Crippen molar-refractivity contribution >= 4 is 15.9 Å². The van der Waals surface area contributed by atoms with Crippen LogP contribution in [0.5, 0.6) is 0 Å². The second-order valence-electron chi connectivity index (χ2n) is 9.63. The third-order valence-electron chi connectivity index (χ3n) is 7.69. The van der Waals surface area contributed by atoms with Crippen LogP contribution in [-0.4, -0.2) is 36.6 Å². The predicted octanol–water partition coefficient (Wildman–Crippen LogP) is 4.68. The highest BCUT2D eigenvalue weighted by molar-refractivity contribution is 7.89. The minimum absolute atomic E-state index is 0.175. The number of sulfonamides is 1. The van der Waals surface area contributed by atoms with Crippen LogP contribution in [0.4, 0.5) is 0 Å². The summed E-state index contributed by atoms with van der Waals surface area (Å²) < 4.78 is 28.8. The molecule has 6 heteroatoms. The minimum Gasteiger partial charge on any atom is -0.340 e. The average Bonchev–Trinajstić information content (AvgIpc) is 3.34. The van der Waals surface area contributed by atoms with Crippen molar-refractivity contribution < 1.29 is 13.2 Å². The summed E-state index contributed by atoms with van der Waals surface area (Å²) in [5.41, 5.74) is 1.13. The molecule has 5 nitrogen and oxygen atoms in total. The molecule has 5 rings (SSSR count). The van der Waals surface area contributed by atoms with Crippen molar-refractivity contribution in [3.63, 3.8) is 0 Å². The monoisotopic (exact) mass is 452 g/mol. The molecule has 170 valence electrons. The van der Waals surface area contributed by atoms with Gasteiger partial charge < -0.3 is 4.90 Å². The van der Waals surface area contributed by atoms with Gasteiger partial charge >= 0.3 is 0 Å². The summed E-state index contributed by atoms with van der Waals surface area (Å²) in [5, 5.41) is 0. The lowest BCUT2D eigenvalue weighted by Gasteiger charge is -2.34. The third kappa shape index (κ3) is 3.77. The van der Waals surface area contributed by atoms with Gasteiger partial charge in [-0.3, -0.25) is 4.79 Å². The van der Waals surface area contributed by atoms with Crippen molar-refractivity contribution in [1.29, 1.82) is 0 Å². The van der Waals surface area contributed by atoms with Gasteiger partial charge in [-0.05, 0) is 36.0 Å². The van der Waals surface area contributed by atoms with Gasteiger partial charge in [-0.1, -0.05) is 80.6 Å². The van der Waals surface area contributed by atoms with Crippen LogP contribution in [0.1, 0.15) is 62.5 Å². The lowest BCUT2D eigenvalue weighted by molar-refractivity contribution is -0.131. The molecular weight excluding hydrogens is 420 g/mol. The Kier molecular flexibility index (Phi) is 5.84. The lowest BCUT2D eigenvalue weighted by Crippen LogP contribution is -2.46. The Morgan fingerprint density at radius 3 is 2.47 bits per heavy atom. The summed E-state index contributed by atoms with van der Waals surface area (Å²) in [4.78, 5) is 15.4. The number of benzene rings is 2. The van der Waals surface area contributed by atoms with E-state index in [1.807, 2.05) is 47.4 Å². The van der Waals surface area contributed by atoms with Crippen LogP contribution < -0.4 is 0 Å².